The second-order valence-corrected chi connectivity index (χ2v) is 12.3. The zero-order chi connectivity index (χ0) is 26.3. The molecule has 1 aromatic heterocycles. The zero-order valence-electron chi connectivity index (χ0n) is 21.9. The molecule has 2 aromatic rings. The molecule has 37 heavy (non-hydrogen) atoms. The second kappa shape index (κ2) is 10.6. The second-order valence-electron chi connectivity index (χ2n) is 11.4. The van der Waals surface area contributed by atoms with Crippen LogP contribution in [0.15, 0.2) is 30.5 Å². The number of hydrogen-bond donors (Lipinski definition) is 1. The van der Waals surface area contributed by atoms with Gasteiger partial charge in [0.15, 0.2) is 0 Å². The SMILES string of the molecule is CCc1cnc(N2CC([C@H]3CCCN(C4CC(C)(C(=O)O)C4)C3)C2)cc1O[C@H](C)c1ccc(Cl)cc1Cl. The molecule has 0 radical (unpaired) electrons. The van der Waals surface area contributed by atoms with Crippen molar-refractivity contribution >= 4 is 35.0 Å². The summed E-state index contributed by atoms with van der Waals surface area (Å²) in [4.78, 5) is 21.2. The summed E-state index contributed by atoms with van der Waals surface area (Å²) < 4.78 is 6.40. The summed E-state index contributed by atoms with van der Waals surface area (Å²) in [6, 6.07) is 8.01. The van der Waals surface area contributed by atoms with Gasteiger partial charge in [0.05, 0.1) is 5.41 Å². The standard InChI is InChI=1S/C29H37Cl2N3O3/c1-4-19-14-32-27(11-26(19)37-18(2)24-8-7-22(30)10-25(24)31)34-16-21(17-34)20-6-5-9-33(15-20)23-12-29(3,13-23)28(35)36/h7-8,10-11,14,18,20-21,23H,4-6,9,12-13,15-17H2,1-3H3,(H,35,36)/t18-,20+,23?,29?/m1/s1. The van der Waals surface area contributed by atoms with Gasteiger partial charge in [0, 0.05) is 59.1 Å². The predicted octanol–water partition coefficient (Wildman–Crippen LogP) is 6.49. The Bertz CT molecular complexity index is 1150. The van der Waals surface area contributed by atoms with Crippen molar-refractivity contribution in [1.82, 2.24) is 9.88 Å². The number of ether oxygens (including phenoxy) is 1. The fourth-order valence-electron chi connectivity index (χ4n) is 6.26. The molecule has 0 bridgehead atoms. The smallest absolute Gasteiger partial charge is 0.309 e. The van der Waals surface area contributed by atoms with Gasteiger partial charge in [-0.25, -0.2) is 4.98 Å². The first-order chi connectivity index (χ1) is 17.7. The first-order valence-corrected chi connectivity index (χ1v) is 14.3. The first kappa shape index (κ1) is 26.6. The molecule has 2 atom stereocenters. The average Bonchev–Trinajstić information content (AvgIpc) is 2.81. The van der Waals surface area contributed by atoms with E-state index in [4.69, 9.17) is 32.9 Å². The number of aliphatic carboxylic acids is 1. The fourth-order valence-corrected chi connectivity index (χ4v) is 6.82. The van der Waals surface area contributed by atoms with Crippen molar-refractivity contribution < 1.29 is 14.6 Å². The number of piperidine rings is 1. The topological polar surface area (TPSA) is 65.9 Å². The third-order valence-corrected chi connectivity index (χ3v) is 9.37. The van der Waals surface area contributed by atoms with E-state index < -0.39 is 11.4 Å². The molecule has 1 aromatic carbocycles. The van der Waals surface area contributed by atoms with Crippen molar-refractivity contribution in [2.45, 2.75) is 65.0 Å². The van der Waals surface area contributed by atoms with E-state index in [-0.39, 0.29) is 6.10 Å². The molecule has 0 unspecified atom stereocenters. The maximum Gasteiger partial charge on any atom is 0.309 e. The minimum absolute atomic E-state index is 0.211. The summed E-state index contributed by atoms with van der Waals surface area (Å²) >= 11 is 12.5. The highest BCUT2D eigenvalue weighted by Gasteiger charge is 2.49. The molecular formula is C29H37Cl2N3O3. The third-order valence-electron chi connectivity index (χ3n) is 8.81. The number of rotatable bonds is 8. The number of halogens is 2. The Kier molecular flexibility index (Phi) is 7.63. The number of likely N-dealkylation sites (tertiary alicyclic amines) is 1. The van der Waals surface area contributed by atoms with Crippen LogP contribution in [0, 0.1) is 17.3 Å². The molecule has 2 saturated heterocycles. The van der Waals surface area contributed by atoms with Gasteiger partial charge in [0.25, 0.3) is 0 Å². The van der Waals surface area contributed by atoms with Crippen LogP contribution in [0.25, 0.3) is 0 Å². The van der Waals surface area contributed by atoms with Gasteiger partial charge in [-0.05, 0) is 76.5 Å². The van der Waals surface area contributed by atoms with Crippen molar-refractivity contribution in [2.75, 3.05) is 31.1 Å². The summed E-state index contributed by atoms with van der Waals surface area (Å²) in [5.41, 5.74) is 1.46. The Morgan fingerprint density at radius 3 is 2.65 bits per heavy atom. The molecule has 200 valence electrons. The first-order valence-electron chi connectivity index (χ1n) is 13.5. The van der Waals surface area contributed by atoms with Gasteiger partial charge in [-0.15, -0.1) is 0 Å². The minimum atomic E-state index is -0.650. The summed E-state index contributed by atoms with van der Waals surface area (Å²) in [5.74, 6) is 2.48. The monoisotopic (exact) mass is 545 g/mol. The molecule has 6 nitrogen and oxygen atoms in total. The van der Waals surface area contributed by atoms with Crippen molar-refractivity contribution in [1.29, 1.82) is 0 Å². The van der Waals surface area contributed by atoms with Crippen LogP contribution in [0.1, 0.15) is 63.7 Å². The highest BCUT2D eigenvalue weighted by molar-refractivity contribution is 6.35. The number of carbonyl (C=O) groups is 1. The number of hydrogen-bond acceptors (Lipinski definition) is 5. The number of carboxylic acid groups (broad SMARTS) is 1. The lowest BCUT2D eigenvalue weighted by Gasteiger charge is -2.52. The molecule has 1 aliphatic carbocycles. The van der Waals surface area contributed by atoms with Gasteiger partial charge in [-0.1, -0.05) is 36.2 Å². The van der Waals surface area contributed by atoms with Crippen LogP contribution in [0.4, 0.5) is 5.82 Å². The van der Waals surface area contributed by atoms with E-state index in [1.54, 1.807) is 6.07 Å². The van der Waals surface area contributed by atoms with Gasteiger partial charge in [0.1, 0.15) is 17.7 Å². The van der Waals surface area contributed by atoms with Crippen LogP contribution in [-0.4, -0.2) is 53.2 Å². The van der Waals surface area contributed by atoms with E-state index in [0.29, 0.717) is 27.9 Å². The lowest BCUT2D eigenvalue weighted by atomic mass is 9.65. The number of carboxylic acids is 1. The predicted molar refractivity (Wildman–Crippen MR) is 148 cm³/mol. The van der Waals surface area contributed by atoms with Crippen LogP contribution in [0.3, 0.4) is 0 Å². The highest BCUT2D eigenvalue weighted by Crippen LogP contribution is 2.45. The number of aromatic nitrogens is 1. The summed E-state index contributed by atoms with van der Waals surface area (Å²) in [7, 11) is 0. The van der Waals surface area contributed by atoms with Gasteiger partial charge >= 0.3 is 5.97 Å². The fraction of sp³-hybridized carbons (Fsp3) is 0.586. The lowest BCUT2D eigenvalue weighted by molar-refractivity contribution is -0.158. The molecule has 1 saturated carbocycles. The molecule has 2 aliphatic heterocycles. The number of pyridine rings is 1. The molecule has 0 spiro atoms. The molecule has 0 amide bonds. The van der Waals surface area contributed by atoms with Crippen molar-refractivity contribution in [3.8, 4) is 5.75 Å². The lowest BCUT2D eigenvalue weighted by Crippen LogP contribution is -2.58. The van der Waals surface area contributed by atoms with Crippen LogP contribution < -0.4 is 9.64 Å². The number of aryl methyl sites for hydroxylation is 1. The van der Waals surface area contributed by atoms with Crippen LogP contribution in [0.2, 0.25) is 10.0 Å². The number of benzene rings is 1. The number of anilines is 1. The average molecular weight is 547 g/mol. The van der Waals surface area contributed by atoms with E-state index in [1.165, 1.54) is 12.8 Å². The van der Waals surface area contributed by atoms with E-state index in [9.17, 15) is 9.90 Å². The summed E-state index contributed by atoms with van der Waals surface area (Å²) in [6.45, 7) is 10.2. The van der Waals surface area contributed by atoms with Crippen molar-refractivity contribution in [3.05, 3.63) is 51.6 Å². The summed E-state index contributed by atoms with van der Waals surface area (Å²) in [6.07, 6.45) is 6.59. The minimum Gasteiger partial charge on any atom is -0.485 e. The maximum atomic E-state index is 11.5. The van der Waals surface area contributed by atoms with Gasteiger partial charge < -0.3 is 19.6 Å². The van der Waals surface area contributed by atoms with Crippen LogP contribution in [-0.2, 0) is 11.2 Å². The van der Waals surface area contributed by atoms with Crippen molar-refractivity contribution in [2.24, 2.45) is 17.3 Å². The van der Waals surface area contributed by atoms with E-state index in [1.807, 2.05) is 32.2 Å². The quantitative estimate of drug-likeness (QED) is 0.408. The Hall–Kier alpha value is -2.02. The van der Waals surface area contributed by atoms with Crippen LogP contribution >= 0.6 is 23.2 Å². The number of nitrogens with zero attached hydrogens (tertiary/aromatic N) is 3. The molecule has 8 heteroatoms. The molecule has 3 fully saturated rings. The Morgan fingerprint density at radius 2 is 1.97 bits per heavy atom. The Balaban J connectivity index is 1.19. The largest absolute Gasteiger partial charge is 0.485 e. The molecule has 3 aliphatic rings. The third kappa shape index (κ3) is 5.43. The van der Waals surface area contributed by atoms with Gasteiger partial charge in [0.2, 0.25) is 0 Å². The van der Waals surface area contributed by atoms with E-state index in [0.717, 1.165) is 68.1 Å². The van der Waals surface area contributed by atoms with E-state index in [2.05, 4.69) is 22.8 Å². The summed E-state index contributed by atoms with van der Waals surface area (Å²) in [5, 5.41) is 10.7. The van der Waals surface area contributed by atoms with Crippen LogP contribution in [0.5, 0.6) is 5.75 Å². The molecule has 5 rings (SSSR count). The molecular weight excluding hydrogens is 509 g/mol. The maximum absolute atomic E-state index is 11.5. The van der Waals surface area contributed by atoms with Crippen molar-refractivity contribution in [3.63, 3.8) is 0 Å². The highest BCUT2D eigenvalue weighted by atomic mass is 35.5. The van der Waals surface area contributed by atoms with E-state index >= 15 is 0 Å². The molecule has 1 N–H and O–H groups in total. The zero-order valence-corrected chi connectivity index (χ0v) is 23.4. The normalized spacial score (nSPS) is 27.3. The van der Waals surface area contributed by atoms with Gasteiger partial charge in [-0.2, -0.15) is 0 Å². The molecule has 3 heterocycles. The Labute approximate surface area is 229 Å². The van der Waals surface area contributed by atoms with Gasteiger partial charge in [-0.3, -0.25) is 4.79 Å². The Morgan fingerprint density at radius 1 is 1.22 bits per heavy atom.